The Bertz CT molecular complexity index is 616. The van der Waals surface area contributed by atoms with Gasteiger partial charge in [-0.25, -0.2) is 0 Å². The van der Waals surface area contributed by atoms with E-state index in [1.807, 2.05) is 12.1 Å². The molecule has 0 aliphatic carbocycles. The number of nitrogens with zero attached hydrogens (tertiary/aromatic N) is 1. The van der Waals surface area contributed by atoms with Crippen LogP contribution >= 0.6 is 28.6 Å². The van der Waals surface area contributed by atoms with Gasteiger partial charge in [0.15, 0.2) is 0 Å². The zero-order chi connectivity index (χ0) is 15.2. The standard InChI is InChI=1S/C20H22ClN.BrH/c21-20-10-8-17(9-11-20)16-19(18-6-2-1-3-7-18)12-15-22-13-4-5-14-22;/h1-3,6-12H,4-5,13-16H2;1H/b19-12+;. The van der Waals surface area contributed by atoms with Crippen LogP contribution < -0.4 is 0 Å². The van der Waals surface area contributed by atoms with Crippen LogP contribution in [0, 0.1) is 0 Å². The van der Waals surface area contributed by atoms with Crippen LogP contribution in [0.1, 0.15) is 24.0 Å². The van der Waals surface area contributed by atoms with Gasteiger partial charge >= 0.3 is 0 Å². The SMILES string of the molecule is Br.Clc1ccc(C/C(=C\CN2CCCC2)c2ccccc2)cc1. The van der Waals surface area contributed by atoms with Gasteiger partial charge in [0.25, 0.3) is 0 Å². The lowest BCUT2D eigenvalue weighted by atomic mass is 9.98. The summed E-state index contributed by atoms with van der Waals surface area (Å²) >= 11 is 5.99. The van der Waals surface area contributed by atoms with E-state index in [-0.39, 0.29) is 17.0 Å². The normalized spacial score (nSPS) is 15.4. The lowest BCUT2D eigenvalue weighted by Gasteiger charge is -2.14. The maximum absolute atomic E-state index is 5.99. The third kappa shape index (κ3) is 5.49. The second-order valence-electron chi connectivity index (χ2n) is 5.91. The fraction of sp³-hybridized carbons (Fsp3) is 0.300. The molecule has 1 fully saturated rings. The van der Waals surface area contributed by atoms with E-state index in [0.717, 1.165) is 18.0 Å². The molecule has 0 bridgehead atoms. The topological polar surface area (TPSA) is 3.24 Å². The highest BCUT2D eigenvalue weighted by Crippen LogP contribution is 2.21. The molecular formula is C20H23BrClN. The van der Waals surface area contributed by atoms with Crippen LogP contribution in [-0.2, 0) is 6.42 Å². The molecule has 3 rings (SSSR count). The zero-order valence-electron chi connectivity index (χ0n) is 13.2. The highest BCUT2D eigenvalue weighted by molar-refractivity contribution is 8.93. The molecule has 0 atom stereocenters. The summed E-state index contributed by atoms with van der Waals surface area (Å²) in [5, 5.41) is 0.797. The minimum atomic E-state index is 0. The molecule has 0 spiro atoms. The van der Waals surface area contributed by atoms with Crippen LogP contribution in [0.25, 0.3) is 5.57 Å². The Morgan fingerprint density at radius 3 is 2.26 bits per heavy atom. The quantitative estimate of drug-likeness (QED) is 0.636. The Morgan fingerprint density at radius 2 is 1.61 bits per heavy atom. The van der Waals surface area contributed by atoms with Crippen molar-refractivity contribution in [1.29, 1.82) is 0 Å². The molecule has 1 aliphatic rings. The molecule has 0 unspecified atom stereocenters. The number of halogens is 2. The lowest BCUT2D eigenvalue weighted by molar-refractivity contribution is 0.377. The second-order valence-corrected chi connectivity index (χ2v) is 6.34. The molecule has 23 heavy (non-hydrogen) atoms. The third-order valence-corrected chi connectivity index (χ3v) is 4.50. The minimum Gasteiger partial charge on any atom is -0.300 e. The molecule has 1 heterocycles. The van der Waals surface area contributed by atoms with Crippen molar-refractivity contribution in [2.24, 2.45) is 0 Å². The molecule has 1 nitrogen and oxygen atoms in total. The molecular weight excluding hydrogens is 370 g/mol. The molecule has 2 aromatic carbocycles. The maximum atomic E-state index is 5.99. The lowest BCUT2D eigenvalue weighted by Crippen LogP contribution is -2.19. The van der Waals surface area contributed by atoms with E-state index in [9.17, 15) is 0 Å². The van der Waals surface area contributed by atoms with Crippen molar-refractivity contribution in [2.45, 2.75) is 19.3 Å². The van der Waals surface area contributed by atoms with Gasteiger partial charge in [0.2, 0.25) is 0 Å². The molecule has 122 valence electrons. The van der Waals surface area contributed by atoms with Crippen molar-refractivity contribution in [3.63, 3.8) is 0 Å². The molecule has 2 aromatic rings. The van der Waals surface area contributed by atoms with E-state index in [1.165, 1.54) is 42.6 Å². The molecule has 3 heteroatoms. The van der Waals surface area contributed by atoms with Crippen molar-refractivity contribution in [1.82, 2.24) is 4.90 Å². The predicted molar refractivity (Wildman–Crippen MR) is 106 cm³/mol. The van der Waals surface area contributed by atoms with E-state index in [1.54, 1.807) is 0 Å². The Hall–Kier alpha value is -1.09. The smallest absolute Gasteiger partial charge is 0.0406 e. The van der Waals surface area contributed by atoms with Gasteiger partial charge in [-0.3, -0.25) is 4.90 Å². The molecule has 0 radical (unpaired) electrons. The monoisotopic (exact) mass is 391 g/mol. The van der Waals surface area contributed by atoms with Crippen molar-refractivity contribution in [2.75, 3.05) is 19.6 Å². The van der Waals surface area contributed by atoms with Gasteiger partial charge in [0, 0.05) is 11.6 Å². The summed E-state index contributed by atoms with van der Waals surface area (Å²) in [6.07, 6.45) is 6.03. The first kappa shape index (κ1) is 18.3. The van der Waals surface area contributed by atoms with E-state index in [2.05, 4.69) is 53.4 Å². The summed E-state index contributed by atoms with van der Waals surface area (Å²) in [4.78, 5) is 2.53. The number of benzene rings is 2. The van der Waals surface area contributed by atoms with Crippen LogP contribution in [0.15, 0.2) is 60.7 Å². The van der Waals surface area contributed by atoms with Crippen molar-refractivity contribution < 1.29 is 0 Å². The van der Waals surface area contributed by atoms with Gasteiger partial charge in [0.05, 0.1) is 0 Å². The first-order chi connectivity index (χ1) is 10.8. The van der Waals surface area contributed by atoms with Crippen molar-refractivity contribution in [3.8, 4) is 0 Å². The van der Waals surface area contributed by atoms with Gasteiger partial charge in [-0.05, 0) is 61.2 Å². The third-order valence-electron chi connectivity index (χ3n) is 4.25. The minimum absolute atomic E-state index is 0. The molecule has 1 saturated heterocycles. The van der Waals surface area contributed by atoms with Crippen LogP contribution in [0.3, 0.4) is 0 Å². The number of rotatable bonds is 5. The Labute approximate surface area is 154 Å². The van der Waals surface area contributed by atoms with Crippen LogP contribution in [0.2, 0.25) is 5.02 Å². The highest BCUT2D eigenvalue weighted by Gasteiger charge is 2.10. The molecule has 0 N–H and O–H groups in total. The van der Waals surface area contributed by atoms with Crippen LogP contribution in [0.5, 0.6) is 0 Å². The van der Waals surface area contributed by atoms with E-state index >= 15 is 0 Å². The number of likely N-dealkylation sites (tertiary alicyclic amines) is 1. The predicted octanol–water partition coefficient (Wildman–Crippen LogP) is 5.64. The first-order valence-electron chi connectivity index (χ1n) is 8.02. The molecule has 0 amide bonds. The Kier molecular flexibility index (Phi) is 7.35. The summed E-state index contributed by atoms with van der Waals surface area (Å²) < 4.78 is 0. The van der Waals surface area contributed by atoms with Crippen LogP contribution in [0.4, 0.5) is 0 Å². The first-order valence-corrected chi connectivity index (χ1v) is 8.40. The van der Waals surface area contributed by atoms with Gasteiger partial charge < -0.3 is 0 Å². The number of allylic oxidation sites excluding steroid dienone is 1. The van der Waals surface area contributed by atoms with Crippen molar-refractivity contribution in [3.05, 3.63) is 76.8 Å². The fourth-order valence-electron chi connectivity index (χ4n) is 2.97. The molecule has 0 saturated carbocycles. The summed E-state index contributed by atoms with van der Waals surface area (Å²) in [7, 11) is 0. The molecule has 0 aromatic heterocycles. The summed E-state index contributed by atoms with van der Waals surface area (Å²) in [5.41, 5.74) is 4.02. The number of hydrogen-bond donors (Lipinski definition) is 0. The van der Waals surface area contributed by atoms with Crippen LogP contribution in [-0.4, -0.2) is 24.5 Å². The molecule has 1 aliphatic heterocycles. The summed E-state index contributed by atoms with van der Waals surface area (Å²) in [6.45, 7) is 3.52. The maximum Gasteiger partial charge on any atom is 0.0406 e. The number of hydrogen-bond acceptors (Lipinski definition) is 1. The fourth-order valence-corrected chi connectivity index (χ4v) is 3.10. The van der Waals surface area contributed by atoms with Gasteiger partial charge in [0.1, 0.15) is 0 Å². The van der Waals surface area contributed by atoms with Crippen molar-refractivity contribution >= 4 is 34.2 Å². The zero-order valence-corrected chi connectivity index (χ0v) is 15.7. The average molecular weight is 393 g/mol. The Morgan fingerprint density at radius 1 is 0.957 bits per heavy atom. The van der Waals surface area contributed by atoms with Gasteiger partial charge in [-0.1, -0.05) is 60.1 Å². The summed E-state index contributed by atoms with van der Waals surface area (Å²) in [6, 6.07) is 18.9. The largest absolute Gasteiger partial charge is 0.300 e. The summed E-state index contributed by atoms with van der Waals surface area (Å²) in [5.74, 6) is 0. The van der Waals surface area contributed by atoms with Gasteiger partial charge in [-0.15, -0.1) is 17.0 Å². The van der Waals surface area contributed by atoms with E-state index in [4.69, 9.17) is 11.6 Å². The highest BCUT2D eigenvalue weighted by atomic mass is 79.9. The van der Waals surface area contributed by atoms with E-state index < -0.39 is 0 Å². The van der Waals surface area contributed by atoms with Gasteiger partial charge in [-0.2, -0.15) is 0 Å². The van der Waals surface area contributed by atoms with E-state index in [0.29, 0.717) is 0 Å². The Balaban J connectivity index is 0.00000192. The average Bonchev–Trinajstić information content (AvgIpc) is 3.07. The second kappa shape index (κ2) is 9.27.